The van der Waals surface area contributed by atoms with Crippen LogP contribution < -0.4 is 10.2 Å². The van der Waals surface area contributed by atoms with Crippen LogP contribution in [0.4, 0.5) is 5.82 Å². The highest BCUT2D eigenvalue weighted by Crippen LogP contribution is 2.28. The van der Waals surface area contributed by atoms with Gasteiger partial charge in [0.1, 0.15) is 11.0 Å². The fourth-order valence-corrected chi connectivity index (χ4v) is 5.96. The molecule has 194 valence electrons. The summed E-state index contributed by atoms with van der Waals surface area (Å²) in [5.74, 6) is 1.44. The number of rotatable bonds is 8. The van der Waals surface area contributed by atoms with E-state index in [1.54, 1.807) is 6.07 Å². The Kier molecular flexibility index (Phi) is 9.88. The normalized spacial score (nSPS) is 22.3. The van der Waals surface area contributed by atoms with E-state index < -0.39 is 0 Å². The van der Waals surface area contributed by atoms with Crippen molar-refractivity contribution in [2.24, 2.45) is 5.92 Å². The molecule has 1 aromatic heterocycles. The van der Waals surface area contributed by atoms with Crippen molar-refractivity contribution in [2.75, 3.05) is 69.7 Å². The molecule has 1 aromatic rings. The molecule has 0 bridgehead atoms. The number of nitrogens with zero attached hydrogens (tertiary/aromatic N) is 5. The van der Waals surface area contributed by atoms with E-state index >= 15 is 0 Å². The topological polar surface area (TPSA) is 90.9 Å². The number of halogens is 1. The van der Waals surface area contributed by atoms with E-state index in [0.717, 1.165) is 64.3 Å². The molecule has 3 heterocycles. The average molecular weight is 525 g/mol. The van der Waals surface area contributed by atoms with E-state index in [-0.39, 0.29) is 23.6 Å². The maximum atomic E-state index is 13.0. The molecule has 0 aromatic carbocycles. The first-order chi connectivity index (χ1) is 17.0. The van der Waals surface area contributed by atoms with E-state index in [2.05, 4.69) is 32.0 Å². The van der Waals surface area contributed by atoms with Gasteiger partial charge in [-0.3, -0.25) is 14.5 Å². The Hall–Kier alpha value is -1.62. The van der Waals surface area contributed by atoms with Crippen LogP contribution in [0.5, 0.6) is 0 Å². The van der Waals surface area contributed by atoms with Crippen molar-refractivity contribution in [3.63, 3.8) is 0 Å². The fourth-order valence-electron chi connectivity index (χ4n) is 5.05. The first kappa shape index (κ1) is 26.4. The minimum atomic E-state index is -0.0446. The van der Waals surface area contributed by atoms with Gasteiger partial charge in [-0.15, -0.1) is 0 Å². The number of amides is 2. The zero-order valence-electron chi connectivity index (χ0n) is 20.6. The van der Waals surface area contributed by atoms with Gasteiger partial charge in [-0.25, -0.2) is 9.97 Å². The smallest absolute Gasteiger partial charge is 0.230 e. The summed E-state index contributed by atoms with van der Waals surface area (Å²) in [6.07, 6.45) is 5.62. The lowest BCUT2D eigenvalue weighted by Crippen LogP contribution is -2.55. The van der Waals surface area contributed by atoms with Gasteiger partial charge in [-0.05, 0) is 19.8 Å². The summed E-state index contributed by atoms with van der Waals surface area (Å²) in [6, 6.07) is 1.87. The van der Waals surface area contributed by atoms with Gasteiger partial charge in [0.2, 0.25) is 11.8 Å². The Labute approximate surface area is 217 Å². The number of morpholine rings is 1. The number of thioether (sulfide) groups is 1. The van der Waals surface area contributed by atoms with Crippen LogP contribution in [0.25, 0.3) is 0 Å². The van der Waals surface area contributed by atoms with E-state index in [0.29, 0.717) is 42.4 Å². The van der Waals surface area contributed by atoms with E-state index in [1.165, 1.54) is 18.2 Å². The number of nitrogens with one attached hydrogen (secondary N) is 1. The van der Waals surface area contributed by atoms with Crippen molar-refractivity contribution in [3.8, 4) is 0 Å². The second-order valence-electron chi connectivity index (χ2n) is 9.59. The number of anilines is 1. The van der Waals surface area contributed by atoms with Gasteiger partial charge in [0, 0.05) is 63.8 Å². The molecule has 9 nitrogen and oxygen atoms in total. The van der Waals surface area contributed by atoms with Gasteiger partial charge in [-0.2, -0.15) is 0 Å². The highest BCUT2D eigenvalue weighted by Gasteiger charge is 2.33. The summed E-state index contributed by atoms with van der Waals surface area (Å²) in [4.78, 5) is 40.8. The molecule has 11 heteroatoms. The molecule has 2 aliphatic heterocycles. The first-order valence-electron chi connectivity index (χ1n) is 12.8. The maximum absolute atomic E-state index is 13.0. The van der Waals surface area contributed by atoms with E-state index in [9.17, 15) is 9.59 Å². The standard InChI is InChI=1S/C24H37ClN6O3S/c1-18-16-30(9-10-31(18)23(33)19-5-3-2-4-6-19)21-15-20(25)27-24(28-21)35-17-22(32)26-7-8-29-11-13-34-14-12-29/h15,18-19H,2-14,16-17H2,1H3,(H,26,32). The third kappa shape index (κ3) is 7.68. The molecule has 2 saturated heterocycles. The van der Waals surface area contributed by atoms with Crippen molar-refractivity contribution in [3.05, 3.63) is 11.2 Å². The van der Waals surface area contributed by atoms with Crippen molar-refractivity contribution in [1.82, 2.24) is 25.1 Å². The Balaban J connectivity index is 1.25. The molecule has 3 fully saturated rings. The minimum absolute atomic E-state index is 0.0446. The summed E-state index contributed by atoms with van der Waals surface area (Å²) in [5, 5.41) is 3.81. The summed E-state index contributed by atoms with van der Waals surface area (Å²) in [7, 11) is 0. The predicted octanol–water partition coefficient (Wildman–Crippen LogP) is 2.29. The van der Waals surface area contributed by atoms with Gasteiger partial charge in [0.15, 0.2) is 5.16 Å². The molecule has 1 atom stereocenters. The lowest BCUT2D eigenvalue weighted by atomic mass is 9.88. The highest BCUT2D eigenvalue weighted by molar-refractivity contribution is 7.99. The summed E-state index contributed by atoms with van der Waals surface area (Å²) in [6.45, 7) is 8.97. The van der Waals surface area contributed by atoms with Crippen molar-refractivity contribution in [2.45, 2.75) is 50.2 Å². The van der Waals surface area contributed by atoms with Crippen LogP contribution in [-0.2, 0) is 14.3 Å². The Morgan fingerprint density at radius 2 is 1.91 bits per heavy atom. The molecule has 0 radical (unpaired) electrons. The third-order valence-electron chi connectivity index (χ3n) is 7.04. The largest absolute Gasteiger partial charge is 0.379 e. The number of aromatic nitrogens is 2. The van der Waals surface area contributed by atoms with Crippen LogP contribution in [0.1, 0.15) is 39.0 Å². The zero-order valence-corrected chi connectivity index (χ0v) is 22.2. The molecule has 1 N–H and O–H groups in total. The number of hydrogen-bond acceptors (Lipinski definition) is 8. The van der Waals surface area contributed by atoms with Crippen molar-refractivity contribution < 1.29 is 14.3 Å². The molecular formula is C24H37ClN6O3S. The molecule has 1 aliphatic carbocycles. The second-order valence-corrected chi connectivity index (χ2v) is 10.9. The first-order valence-corrected chi connectivity index (χ1v) is 14.2. The summed E-state index contributed by atoms with van der Waals surface area (Å²) >= 11 is 7.59. The monoisotopic (exact) mass is 524 g/mol. The van der Waals surface area contributed by atoms with Gasteiger partial charge < -0.3 is 19.9 Å². The maximum Gasteiger partial charge on any atom is 0.230 e. The second kappa shape index (κ2) is 13.1. The Bertz CT molecular complexity index is 866. The number of piperazine rings is 1. The lowest BCUT2D eigenvalue weighted by Gasteiger charge is -2.42. The van der Waals surface area contributed by atoms with Gasteiger partial charge in [0.05, 0.1) is 19.0 Å². The predicted molar refractivity (Wildman–Crippen MR) is 138 cm³/mol. The van der Waals surface area contributed by atoms with Crippen LogP contribution in [0.3, 0.4) is 0 Å². The Morgan fingerprint density at radius 1 is 1.14 bits per heavy atom. The molecule has 0 spiro atoms. The number of carbonyl (C=O) groups excluding carboxylic acids is 2. The summed E-state index contributed by atoms with van der Waals surface area (Å²) in [5.41, 5.74) is 0. The minimum Gasteiger partial charge on any atom is -0.379 e. The number of hydrogen-bond donors (Lipinski definition) is 1. The molecule has 4 rings (SSSR count). The van der Waals surface area contributed by atoms with Gasteiger partial charge in [0.25, 0.3) is 0 Å². The molecular weight excluding hydrogens is 488 g/mol. The van der Waals surface area contributed by atoms with Gasteiger partial charge >= 0.3 is 0 Å². The van der Waals surface area contributed by atoms with Gasteiger partial charge in [-0.1, -0.05) is 42.6 Å². The highest BCUT2D eigenvalue weighted by atomic mass is 35.5. The molecule has 35 heavy (non-hydrogen) atoms. The third-order valence-corrected chi connectivity index (χ3v) is 8.08. The van der Waals surface area contributed by atoms with Crippen molar-refractivity contribution in [1.29, 1.82) is 0 Å². The molecule has 3 aliphatic rings. The zero-order chi connectivity index (χ0) is 24.6. The van der Waals surface area contributed by atoms with Crippen LogP contribution in [0.2, 0.25) is 5.15 Å². The average Bonchev–Trinajstić information content (AvgIpc) is 2.88. The SMILES string of the molecule is CC1CN(c2cc(Cl)nc(SCC(=O)NCCN3CCOCC3)n2)CCN1C(=O)C1CCCCC1. The molecule has 1 unspecified atom stereocenters. The van der Waals surface area contributed by atoms with E-state index in [1.807, 2.05) is 4.90 Å². The quantitative estimate of drug-likeness (QED) is 0.315. The molecule has 1 saturated carbocycles. The van der Waals surface area contributed by atoms with Crippen molar-refractivity contribution >= 4 is 41.0 Å². The van der Waals surface area contributed by atoms with Crippen LogP contribution in [0, 0.1) is 5.92 Å². The van der Waals surface area contributed by atoms with Crippen LogP contribution >= 0.6 is 23.4 Å². The lowest BCUT2D eigenvalue weighted by molar-refractivity contribution is -0.139. The van der Waals surface area contributed by atoms with Crippen LogP contribution in [0.15, 0.2) is 11.2 Å². The molecule has 2 amide bonds. The number of carbonyl (C=O) groups is 2. The number of ether oxygens (including phenoxy) is 1. The van der Waals surface area contributed by atoms with Crippen LogP contribution in [-0.4, -0.2) is 102 Å². The van der Waals surface area contributed by atoms with E-state index in [4.69, 9.17) is 16.3 Å². The Morgan fingerprint density at radius 3 is 2.66 bits per heavy atom. The fraction of sp³-hybridized carbons (Fsp3) is 0.750. The summed E-state index contributed by atoms with van der Waals surface area (Å²) < 4.78 is 5.35.